The topological polar surface area (TPSA) is 46.6 Å². The molecule has 31 heavy (non-hydrogen) atoms. The van der Waals surface area contributed by atoms with Gasteiger partial charge in [0, 0.05) is 42.9 Å². The first-order valence-corrected chi connectivity index (χ1v) is 11.9. The number of hydrogen-bond donors (Lipinski definition) is 1. The summed E-state index contributed by atoms with van der Waals surface area (Å²) in [5, 5.41) is 4.94. The molecule has 1 saturated heterocycles. The van der Waals surface area contributed by atoms with Gasteiger partial charge in [-0.25, -0.2) is 0 Å². The molecule has 3 aromatic rings. The fraction of sp³-hybridized carbons (Fsp3) is 0.400. The second kappa shape index (κ2) is 10.3. The highest BCUT2D eigenvalue weighted by Crippen LogP contribution is 2.36. The lowest BCUT2D eigenvalue weighted by atomic mass is 10.0. The quantitative estimate of drug-likeness (QED) is 0.433. The number of fused-ring (bicyclic) bond motifs is 1. The largest absolute Gasteiger partial charge is 0.493 e. The van der Waals surface area contributed by atoms with Crippen molar-refractivity contribution in [3.05, 3.63) is 58.7 Å². The predicted octanol–water partition coefficient (Wildman–Crippen LogP) is 5.87. The van der Waals surface area contributed by atoms with Gasteiger partial charge >= 0.3 is 0 Å². The van der Waals surface area contributed by atoms with Gasteiger partial charge in [-0.05, 0) is 72.4 Å². The van der Waals surface area contributed by atoms with Crippen molar-refractivity contribution in [2.45, 2.75) is 39.3 Å². The summed E-state index contributed by atoms with van der Waals surface area (Å²) < 4.78 is 12.5. The number of aromatic nitrogens is 1. The van der Waals surface area contributed by atoms with Crippen LogP contribution in [0.25, 0.3) is 10.9 Å². The van der Waals surface area contributed by atoms with E-state index < -0.39 is 0 Å². The Bertz CT molecular complexity index is 986. The number of anilines is 1. The molecule has 1 fully saturated rings. The lowest BCUT2D eigenvalue weighted by Gasteiger charge is -2.33. The number of ether oxygens (including phenoxy) is 2. The number of nitrogens with zero attached hydrogens (tertiary/aromatic N) is 2. The number of piperidine rings is 1. The van der Waals surface area contributed by atoms with E-state index in [1.54, 1.807) is 0 Å². The standard InChI is InChI=1S/C25H30BrN3O2/c1-3-30-23-15-18(16-24(25(23)26)31-4-2)17-29-13-10-19(11-14-29)28-22-9-12-27-21-8-6-5-7-20(21)22/h5-9,12,15-16,19H,3-4,10-11,13-14,17H2,1-2H3,(H,27,28). The lowest BCUT2D eigenvalue weighted by Crippen LogP contribution is -2.38. The Balaban J connectivity index is 1.39. The van der Waals surface area contributed by atoms with Gasteiger partial charge in [-0.2, -0.15) is 0 Å². The van der Waals surface area contributed by atoms with Gasteiger partial charge in [-0.1, -0.05) is 18.2 Å². The monoisotopic (exact) mass is 483 g/mol. The van der Waals surface area contributed by atoms with E-state index in [1.807, 2.05) is 26.1 Å². The van der Waals surface area contributed by atoms with Gasteiger partial charge in [0.15, 0.2) is 0 Å². The Morgan fingerprint density at radius 3 is 2.39 bits per heavy atom. The van der Waals surface area contributed by atoms with Crippen LogP contribution in [0.15, 0.2) is 53.1 Å². The highest BCUT2D eigenvalue weighted by Gasteiger charge is 2.21. The molecule has 0 unspecified atom stereocenters. The molecular formula is C25H30BrN3O2. The zero-order chi connectivity index (χ0) is 21.6. The van der Waals surface area contributed by atoms with Crippen LogP contribution in [0.5, 0.6) is 11.5 Å². The Morgan fingerprint density at radius 2 is 1.71 bits per heavy atom. The molecule has 0 radical (unpaired) electrons. The maximum atomic E-state index is 5.81. The average Bonchev–Trinajstić information content (AvgIpc) is 2.79. The Morgan fingerprint density at radius 1 is 1.03 bits per heavy atom. The maximum absolute atomic E-state index is 5.81. The molecule has 0 atom stereocenters. The molecule has 0 amide bonds. The predicted molar refractivity (Wildman–Crippen MR) is 130 cm³/mol. The normalized spacial score (nSPS) is 15.2. The lowest BCUT2D eigenvalue weighted by molar-refractivity contribution is 0.210. The summed E-state index contributed by atoms with van der Waals surface area (Å²) in [6.07, 6.45) is 4.12. The molecule has 1 aromatic heterocycles. The van der Waals surface area contributed by atoms with Crippen molar-refractivity contribution in [3.63, 3.8) is 0 Å². The first-order chi connectivity index (χ1) is 15.2. The maximum Gasteiger partial charge on any atom is 0.137 e. The van der Waals surface area contributed by atoms with E-state index >= 15 is 0 Å². The SMILES string of the molecule is CCOc1cc(CN2CCC(Nc3ccnc4ccccc34)CC2)cc(OCC)c1Br. The number of pyridine rings is 1. The van der Waals surface area contributed by atoms with Crippen molar-refractivity contribution in [1.82, 2.24) is 9.88 Å². The molecular weight excluding hydrogens is 454 g/mol. The second-order valence-electron chi connectivity index (χ2n) is 7.84. The number of benzene rings is 2. The number of rotatable bonds is 8. The first kappa shape index (κ1) is 21.9. The van der Waals surface area contributed by atoms with Crippen LogP contribution in [0.3, 0.4) is 0 Å². The zero-order valence-corrected chi connectivity index (χ0v) is 19.8. The third-order valence-electron chi connectivity index (χ3n) is 5.67. The molecule has 2 aromatic carbocycles. The molecule has 0 saturated carbocycles. The third kappa shape index (κ3) is 5.31. The first-order valence-electron chi connectivity index (χ1n) is 11.1. The van der Waals surface area contributed by atoms with E-state index in [4.69, 9.17) is 9.47 Å². The average molecular weight is 484 g/mol. The summed E-state index contributed by atoms with van der Waals surface area (Å²) in [4.78, 5) is 6.98. The van der Waals surface area contributed by atoms with Crippen molar-refractivity contribution in [1.29, 1.82) is 0 Å². The van der Waals surface area contributed by atoms with Crippen LogP contribution in [0.2, 0.25) is 0 Å². The number of hydrogen-bond acceptors (Lipinski definition) is 5. The molecule has 164 valence electrons. The van der Waals surface area contributed by atoms with Crippen molar-refractivity contribution >= 4 is 32.5 Å². The molecule has 5 nitrogen and oxygen atoms in total. The number of halogens is 1. The summed E-state index contributed by atoms with van der Waals surface area (Å²) >= 11 is 3.62. The van der Waals surface area contributed by atoms with Crippen molar-refractivity contribution in [3.8, 4) is 11.5 Å². The van der Waals surface area contributed by atoms with E-state index in [1.165, 1.54) is 16.6 Å². The van der Waals surface area contributed by atoms with Crippen LogP contribution in [0, 0.1) is 0 Å². The van der Waals surface area contributed by atoms with Crippen LogP contribution >= 0.6 is 15.9 Å². The fourth-order valence-corrected chi connectivity index (χ4v) is 4.63. The molecule has 0 spiro atoms. The smallest absolute Gasteiger partial charge is 0.137 e. The van der Waals surface area contributed by atoms with Crippen molar-refractivity contribution < 1.29 is 9.47 Å². The molecule has 1 aliphatic heterocycles. The van der Waals surface area contributed by atoms with Gasteiger partial charge in [0.2, 0.25) is 0 Å². The highest BCUT2D eigenvalue weighted by atomic mass is 79.9. The number of likely N-dealkylation sites (tertiary alicyclic amines) is 1. The van der Waals surface area contributed by atoms with E-state index in [2.05, 4.69) is 67.5 Å². The Hall–Kier alpha value is -2.31. The molecule has 6 heteroatoms. The van der Waals surface area contributed by atoms with Crippen LogP contribution in [0.1, 0.15) is 32.3 Å². The highest BCUT2D eigenvalue weighted by molar-refractivity contribution is 9.10. The molecule has 2 heterocycles. The molecule has 0 aliphatic carbocycles. The minimum atomic E-state index is 0.477. The summed E-state index contributed by atoms with van der Waals surface area (Å²) in [6, 6.07) is 15.1. The number of nitrogens with one attached hydrogen (secondary N) is 1. The van der Waals surface area contributed by atoms with Crippen LogP contribution in [-0.4, -0.2) is 42.2 Å². The van der Waals surface area contributed by atoms with E-state index in [0.717, 1.165) is 54.0 Å². The second-order valence-corrected chi connectivity index (χ2v) is 8.64. The van der Waals surface area contributed by atoms with Crippen LogP contribution in [0.4, 0.5) is 5.69 Å². The molecule has 1 aliphatic rings. The van der Waals surface area contributed by atoms with Gasteiger partial charge < -0.3 is 14.8 Å². The van der Waals surface area contributed by atoms with Crippen LogP contribution < -0.4 is 14.8 Å². The summed E-state index contributed by atoms with van der Waals surface area (Å²) in [7, 11) is 0. The van der Waals surface area contributed by atoms with Gasteiger partial charge in [0.05, 0.1) is 18.7 Å². The third-order valence-corrected chi connectivity index (χ3v) is 6.45. The van der Waals surface area contributed by atoms with E-state index in [0.29, 0.717) is 19.3 Å². The zero-order valence-electron chi connectivity index (χ0n) is 18.2. The van der Waals surface area contributed by atoms with Gasteiger partial charge in [-0.15, -0.1) is 0 Å². The molecule has 1 N–H and O–H groups in total. The molecule has 0 bridgehead atoms. The Labute approximate surface area is 192 Å². The summed E-state index contributed by atoms with van der Waals surface area (Å²) in [6.45, 7) is 8.29. The van der Waals surface area contributed by atoms with Gasteiger partial charge in [-0.3, -0.25) is 9.88 Å². The van der Waals surface area contributed by atoms with Gasteiger partial charge in [0.25, 0.3) is 0 Å². The van der Waals surface area contributed by atoms with Gasteiger partial charge in [0.1, 0.15) is 16.0 Å². The minimum absolute atomic E-state index is 0.477. The summed E-state index contributed by atoms with van der Waals surface area (Å²) in [5.74, 6) is 1.70. The van der Waals surface area contributed by atoms with Crippen LogP contribution in [-0.2, 0) is 6.54 Å². The van der Waals surface area contributed by atoms with E-state index in [9.17, 15) is 0 Å². The minimum Gasteiger partial charge on any atom is -0.493 e. The Kier molecular flexibility index (Phi) is 7.30. The van der Waals surface area contributed by atoms with Crippen molar-refractivity contribution in [2.75, 3.05) is 31.6 Å². The summed E-state index contributed by atoms with van der Waals surface area (Å²) in [5.41, 5.74) is 3.44. The van der Waals surface area contributed by atoms with Crippen molar-refractivity contribution in [2.24, 2.45) is 0 Å². The van der Waals surface area contributed by atoms with E-state index in [-0.39, 0.29) is 0 Å². The molecule has 4 rings (SSSR count). The number of para-hydroxylation sites is 1. The fourth-order valence-electron chi connectivity index (χ4n) is 4.17.